The third kappa shape index (κ3) is 2.99. The third-order valence-electron chi connectivity index (χ3n) is 2.34. The molecule has 0 heterocycles. The van der Waals surface area contributed by atoms with Gasteiger partial charge in [-0.15, -0.1) is 0 Å². The molecular weight excluding hydrogens is 224 g/mol. The van der Waals surface area contributed by atoms with Crippen LogP contribution in [-0.2, 0) is 0 Å². The van der Waals surface area contributed by atoms with Gasteiger partial charge in [0.25, 0.3) is 0 Å². The lowest BCUT2D eigenvalue weighted by molar-refractivity contribution is 0.0964. The van der Waals surface area contributed by atoms with Crippen LogP contribution in [0.4, 0.5) is 0 Å². The molecule has 0 aliphatic rings. The largest absolute Gasteiger partial charge is 0.496 e. The Hall–Kier alpha value is -1.02. The van der Waals surface area contributed by atoms with Gasteiger partial charge in [-0.1, -0.05) is 25.4 Å². The average Bonchev–Trinajstić information content (AvgIpc) is 2.15. The number of rotatable bonds is 4. The van der Waals surface area contributed by atoms with Crippen molar-refractivity contribution >= 4 is 17.4 Å². The van der Waals surface area contributed by atoms with Crippen LogP contribution in [0.2, 0.25) is 5.02 Å². The van der Waals surface area contributed by atoms with Crippen LogP contribution in [0, 0.1) is 12.8 Å². The molecule has 2 nitrogen and oxygen atoms in total. The predicted molar refractivity (Wildman–Crippen MR) is 66.5 cm³/mol. The van der Waals surface area contributed by atoms with Gasteiger partial charge < -0.3 is 4.74 Å². The van der Waals surface area contributed by atoms with E-state index in [0.29, 0.717) is 28.7 Å². The summed E-state index contributed by atoms with van der Waals surface area (Å²) in [4.78, 5) is 12.0. The van der Waals surface area contributed by atoms with Crippen LogP contribution < -0.4 is 4.74 Å². The van der Waals surface area contributed by atoms with Crippen molar-refractivity contribution in [1.82, 2.24) is 0 Å². The van der Waals surface area contributed by atoms with Gasteiger partial charge in [-0.3, -0.25) is 4.79 Å². The van der Waals surface area contributed by atoms with Crippen molar-refractivity contribution in [2.45, 2.75) is 27.2 Å². The number of carbonyl (C=O) groups excluding carboxylic acids is 1. The maximum Gasteiger partial charge on any atom is 0.166 e. The fraction of sp³-hybridized carbons (Fsp3) is 0.462. The highest BCUT2D eigenvalue weighted by atomic mass is 35.5. The number of carbonyl (C=O) groups is 1. The summed E-state index contributed by atoms with van der Waals surface area (Å²) < 4.78 is 5.25. The van der Waals surface area contributed by atoms with E-state index in [1.807, 2.05) is 20.8 Å². The van der Waals surface area contributed by atoms with Gasteiger partial charge in [0, 0.05) is 11.4 Å². The fourth-order valence-electron chi connectivity index (χ4n) is 1.69. The Morgan fingerprint density at radius 2 is 2.06 bits per heavy atom. The van der Waals surface area contributed by atoms with E-state index in [-0.39, 0.29) is 5.78 Å². The van der Waals surface area contributed by atoms with Crippen LogP contribution in [0.1, 0.15) is 36.2 Å². The second kappa shape index (κ2) is 5.35. The summed E-state index contributed by atoms with van der Waals surface area (Å²) in [5.41, 5.74) is 1.48. The van der Waals surface area contributed by atoms with E-state index in [1.54, 1.807) is 19.2 Å². The number of hydrogen-bond acceptors (Lipinski definition) is 2. The van der Waals surface area contributed by atoms with Crippen molar-refractivity contribution in [3.63, 3.8) is 0 Å². The Kier molecular flexibility index (Phi) is 4.36. The van der Waals surface area contributed by atoms with Gasteiger partial charge in [0.05, 0.1) is 12.7 Å². The zero-order valence-electron chi connectivity index (χ0n) is 10.1. The van der Waals surface area contributed by atoms with Crippen LogP contribution in [-0.4, -0.2) is 12.9 Å². The molecule has 0 saturated carbocycles. The average molecular weight is 241 g/mol. The standard InChI is InChI=1S/C13H17ClO2/c1-8(2)5-12(15)11-7-10(14)6-9(3)13(11)16-4/h6-8H,5H2,1-4H3. The van der Waals surface area contributed by atoms with E-state index in [2.05, 4.69) is 0 Å². The van der Waals surface area contributed by atoms with Gasteiger partial charge in [0.15, 0.2) is 5.78 Å². The maximum atomic E-state index is 12.0. The van der Waals surface area contributed by atoms with E-state index in [1.165, 1.54) is 0 Å². The molecule has 0 N–H and O–H groups in total. The lowest BCUT2D eigenvalue weighted by atomic mass is 9.99. The van der Waals surface area contributed by atoms with Crippen molar-refractivity contribution in [2.75, 3.05) is 7.11 Å². The Morgan fingerprint density at radius 3 is 2.56 bits per heavy atom. The van der Waals surface area contributed by atoms with E-state index in [9.17, 15) is 4.79 Å². The Morgan fingerprint density at radius 1 is 1.44 bits per heavy atom. The van der Waals surface area contributed by atoms with Crippen LogP contribution in [0.5, 0.6) is 5.75 Å². The molecule has 0 aliphatic heterocycles. The summed E-state index contributed by atoms with van der Waals surface area (Å²) in [6, 6.07) is 3.48. The van der Waals surface area contributed by atoms with Gasteiger partial charge >= 0.3 is 0 Å². The molecule has 88 valence electrons. The number of ketones is 1. The molecular formula is C13H17ClO2. The molecule has 1 aromatic carbocycles. The first-order valence-electron chi connectivity index (χ1n) is 5.33. The zero-order valence-corrected chi connectivity index (χ0v) is 10.9. The lowest BCUT2D eigenvalue weighted by Crippen LogP contribution is -2.06. The number of halogens is 1. The molecule has 1 rings (SSSR count). The lowest BCUT2D eigenvalue weighted by Gasteiger charge is -2.12. The molecule has 0 aromatic heterocycles. The van der Waals surface area contributed by atoms with E-state index >= 15 is 0 Å². The van der Waals surface area contributed by atoms with Crippen molar-refractivity contribution in [1.29, 1.82) is 0 Å². The molecule has 0 unspecified atom stereocenters. The van der Waals surface area contributed by atoms with Crippen molar-refractivity contribution in [3.8, 4) is 5.75 Å². The van der Waals surface area contributed by atoms with Crippen LogP contribution in [0.15, 0.2) is 12.1 Å². The minimum absolute atomic E-state index is 0.0810. The van der Waals surface area contributed by atoms with Gasteiger partial charge in [0.1, 0.15) is 5.75 Å². The Bertz CT molecular complexity index is 397. The van der Waals surface area contributed by atoms with Gasteiger partial charge in [-0.25, -0.2) is 0 Å². The second-order valence-electron chi connectivity index (χ2n) is 4.32. The van der Waals surface area contributed by atoms with E-state index in [0.717, 1.165) is 5.56 Å². The molecule has 0 amide bonds. The van der Waals surface area contributed by atoms with Crippen molar-refractivity contribution in [3.05, 3.63) is 28.3 Å². The highest BCUT2D eigenvalue weighted by Gasteiger charge is 2.16. The first-order chi connectivity index (χ1) is 7.45. The van der Waals surface area contributed by atoms with Crippen LogP contribution in [0.3, 0.4) is 0 Å². The molecule has 0 fully saturated rings. The molecule has 0 saturated heterocycles. The van der Waals surface area contributed by atoms with Gasteiger partial charge in [0.2, 0.25) is 0 Å². The third-order valence-corrected chi connectivity index (χ3v) is 2.56. The van der Waals surface area contributed by atoms with Crippen LogP contribution in [0.25, 0.3) is 0 Å². The number of aryl methyl sites for hydroxylation is 1. The zero-order chi connectivity index (χ0) is 12.3. The number of hydrogen-bond donors (Lipinski definition) is 0. The molecule has 0 atom stereocenters. The maximum absolute atomic E-state index is 12.0. The summed E-state index contributed by atoms with van der Waals surface area (Å²) in [5.74, 6) is 1.05. The van der Waals surface area contributed by atoms with E-state index in [4.69, 9.17) is 16.3 Å². The topological polar surface area (TPSA) is 26.3 Å². The minimum atomic E-state index is 0.0810. The Labute approximate surface area is 102 Å². The second-order valence-corrected chi connectivity index (χ2v) is 4.76. The normalized spacial score (nSPS) is 10.6. The number of benzene rings is 1. The molecule has 16 heavy (non-hydrogen) atoms. The first kappa shape index (κ1) is 13.0. The summed E-state index contributed by atoms with van der Waals surface area (Å²) in [7, 11) is 1.57. The van der Waals surface area contributed by atoms with E-state index < -0.39 is 0 Å². The molecule has 0 aliphatic carbocycles. The van der Waals surface area contributed by atoms with Gasteiger partial charge in [-0.05, 0) is 30.5 Å². The molecule has 0 spiro atoms. The molecule has 3 heteroatoms. The smallest absolute Gasteiger partial charge is 0.166 e. The summed E-state index contributed by atoms with van der Waals surface area (Å²) >= 11 is 5.95. The van der Waals surface area contributed by atoms with Gasteiger partial charge in [-0.2, -0.15) is 0 Å². The molecule has 0 bridgehead atoms. The molecule has 0 radical (unpaired) electrons. The number of ether oxygens (including phenoxy) is 1. The predicted octanol–water partition coefficient (Wildman–Crippen LogP) is 3.89. The number of methoxy groups -OCH3 is 1. The van der Waals surface area contributed by atoms with Crippen molar-refractivity contribution in [2.24, 2.45) is 5.92 Å². The summed E-state index contributed by atoms with van der Waals surface area (Å²) in [6.07, 6.45) is 0.510. The quantitative estimate of drug-likeness (QED) is 0.747. The number of Topliss-reactive ketones (excluding diaryl/α,β-unsaturated/α-hetero) is 1. The summed E-state index contributed by atoms with van der Waals surface area (Å²) in [6.45, 7) is 5.92. The van der Waals surface area contributed by atoms with Crippen LogP contribution >= 0.6 is 11.6 Å². The minimum Gasteiger partial charge on any atom is -0.496 e. The molecule has 1 aromatic rings. The summed E-state index contributed by atoms with van der Waals surface area (Å²) in [5, 5.41) is 0.574. The highest BCUT2D eigenvalue weighted by molar-refractivity contribution is 6.31. The Balaban J connectivity index is 3.15. The first-order valence-corrected chi connectivity index (χ1v) is 5.70. The monoisotopic (exact) mass is 240 g/mol. The highest BCUT2D eigenvalue weighted by Crippen LogP contribution is 2.29. The fourth-order valence-corrected chi connectivity index (χ4v) is 1.96. The SMILES string of the molecule is COc1c(C)cc(Cl)cc1C(=O)CC(C)C. The van der Waals surface area contributed by atoms with Crippen molar-refractivity contribution < 1.29 is 9.53 Å².